The van der Waals surface area contributed by atoms with Gasteiger partial charge in [0.25, 0.3) is 5.91 Å². The molecule has 1 N–H and O–H groups in total. The predicted octanol–water partition coefficient (Wildman–Crippen LogP) is 3.36. The Bertz CT molecular complexity index is 761. The van der Waals surface area contributed by atoms with Crippen LogP contribution in [0.25, 0.3) is 0 Å². The molecule has 0 aromatic heterocycles. The van der Waals surface area contributed by atoms with Gasteiger partial charge in [0.05, 0.1) is 0 Å². The fourth-order valence-electron chi connectivity index (χ4n) is 2.90. The molecular formula is C23H30N2O3. The number of nitrogens with zero attached hydrogens (tertiary/aromatic N) is 1. The van der Waals surface area contributed by atoms with Crippen molar-refractivity contribution in [1.82, 2.24) is 10.2 Å². The molecular weight excluding hydrogens is 352 g/mol. The van der Waals surface area contributed by atoms with Crippen LogP contribution in [0.4, 0.5) is 0 Å². The van der Waals surface area contributed by atoms with Crippen molar-refractivity contribution in [3.8, 4) is 5.75 Å². The minimum Gasteiger partial charge on any atom is -0.484 e. The van der Waals surface area contributed by atoms with Crippen molar-refractivity contribution in [2.45, 2.75) is 39.7 Å². The summed E-state index contributed by atoms with van der Waals surface area (Å²) in [4.78, 5) is 26.9. The Morgan fingerprint density at radius 2 is 1.86 bits per heavy atom. The molecule has 5 nitrogen and oxygen atoms in total. The van der Waals surface area contributed by atoms with Crippen LogP contribution in [0, 0.1) is 6.92 Å². The van der Waals surface area contributed by atoms with E-state index < -0.39 is 6.04 Å². The van der Waals surface area contributed by atoms with Gasteiger partial charge in [-0.2, -0.15) is 0 Å². The predicted molar refractivity (Wildman–Crippen MR) is 111 cm³/mol. The summed E-state index contributed by atoms with van der Waals surface area (Å²) < 4.78 is 5.67. The van der Waals surface area contributed by atoms with E-state index >= 15 is 0 Å². The van der Waals surface area contributed by atoms with Crippen molar-refractivity contribution in [2.75, 3.05) is 19.7 Å². The Hall–Kier alpha value is -2.82. The number of carbonyl (C=O) groups is 2. The van der Waals surface area contributed by atoms with Crippen LogP contribution in [0.1, 0.15) is 31.4 Å². The molecule has 5 heteroatoms. The van der Waals surface area contributed by atoms with Gasteiger partial charge in [0, 0.05) is 13.1 Å². The van der Waals surface area contributed by atoms with Crippen LogP contribution >= 0.6 is 0 Å². The number of amides is 2. The molecule has 1 atom stereocenters. The number of carbonyl (C=O) groups excluding carboxylic acids is 2. The Balaban J connectivity index is 2.04. The summed E-state index contributed by atoms with van der Waals surface area (Å²) in [5, 5.41) is 2.87. The molecule has 28 heavy (non-hydrogen) atoms. The highest BCUT2D eigenvalue weighted by Crippen LogP contribution is 2.13. The largest absolute Gasteiger partial charge is 0.484 e. The van der Waals surface area contributed by atoms with Gasteiger partial charge in [0.2, 0.25) is 5.91 Å². The Morgan fingerprint density at radius 1 is 1.11 bits per heavy atom. The molecule has 0 saturated heterocycles. The summed E-state index contributed by atoms with van der Waals surface area (Å²) in [5.41, 5.74) is 2.19. The molecule has 0 spiro atoms. The summed E-state index contributed by atoms with van der Waals surface area (Å²) in [6, 6.07) is 17.0. The second kappa shape index (κ2) is 11.1. The van der Waals surface area contributed by atoms with E-state index in [4.69, 9.17) is 4.74 Å². The first-order valence-electron chi connectivity index (χ1n) is 9.81. The Morgan fingerprint density at radius 3 is 2.54 bits per heavy atom. The Kier molecular flexibility index (Phi) is 8.53. The summed E-state index contributed by atoms with van der Waals surface area (Å²) in [7, 11) is 0. The van der Waals surface area contributed by atoms with Gasteiger partial charge in [-0.05, 0) is 49.9 Å². The highest BCUT2D eigenvalue weighted by Gasteiger charge is 2.25. The third-order valence-electron chi connectivity index (χ3n) is 4.55. The number of ether oxygens (including phenoxy) is 1. The average molecular weight is 383 g/mol. The lowest BCUT2D eigenvalue weighted by Gasteiger charge is -2.28. The minimum absolute atomic E-state index is 0.0936. The number of aryl methyl sites for hydroxylation is 1. The van der Waals surface area contributed by atoms with Crippen molar-refractivity contribution in [1.29, 1.82) is 0 Å². The lowest BCUT2D eigenvalue weighted by Crippen LogP contribution is -2.50. The third kappa shape index (κ3) is 6.72. The van der Waals surface area contributed by atoms with Crippen LogP contribution in [0.3, 0.4) is 0 Å². The summed E-state index contributed by atoms with van der Waals surface area (Å²) in [6.07, 6.45) is 1.54. The topological polar surface area (TPSA) is 58.6 Å². The van der Waals surface area contributed by atoms with E-state index in [0.29, 0.717) is 25.3 Å². The fourth-order valence-corrected chi connectivity index (χ4v) is 2.90. The average Bonchev–Trinajstić information content (AvgIpc) is 2.71. The molecule has 0 saturated carbocycles. The van der Waals surface area contributed by atoms with Crippen molar-refractivity contribution in [3.05, 3.63) is 65.7 Å². The van der Waals surface area contributed by atoms with Crippen molar-refractivity contribution in [3.63, 3.8) is 0 Å². The van der Waals surface area contributed by atoms with Crippen LogP contribution in [-0.2, 0) is 16.0 Å². The highest BCUT2D eigenvalue weighted by molar-refractivity contribution is 5.87. The standard InChI is InChI=1S/C23H30N2O3/c1-4-14-24-23(27)19(3)25(15-13-20-10-6-5-7-11-20)22(26)17-28-21-12-8-9-18(2)16-21/h5-12,16,19H,4,13-15,17H2,1-3H3,(H,24,27)/t19-/m1/s1. The second-order valence-electron chi connectivity index (χ2n) is 6.89. The molecule has 0 aliphatic heterocycles. The van der Waals surface area contributed by atoms with Gasteiger partial charge in [-0.15, -0.1) is 0 Å². The maximum Gasteiger partial charge on any atom is 0.261 e. The van der Waals surface area contributed by atoms with Gasteiger partial charge in [-0.3, -0.25) is 9.59 Å². The van der Waals surface area contributed by atoms with E-state index in [0.717, 1.165) is 17.5 Å². The van der Waals surface area contributed by atoms with Gasteiger partial charge >= 0.3 is 0 Å². The summed E-state index contributed by atoms with van der Waals surface area (Å²) in [5.74, 6) is 0.315. The van der Waals surface area contributed by atoms with Crippen molar-refractivity contribution < 1.29 is 14.3 Å². The smallest absolute Gasteiger partial charge is 0.261 e. The highest BCUT2D eigenvalue weighted by atomic mass is 16.5. The summed E-state index contributed by atoms with van der Waals surface area (Å²) >= 11 is 0. The van der Waals surface area contributed by atoms with E-state index in [1.54, 1.807) is 11.8 Å². The lowest BCUT2D eigenvalue weighted by atomic mass is 10.1. The zero-order chi connectivity index (χ0) is 20.4. The second-order valence-corrected chi connectivity index (χ2v) is 6.89. The van der Waals surface area contributed by atoms with Crippen LogP contribution in [-0.4, -0.2) is 42.5 Å². The van der Waals surface area contributed by atoms with E-state index in [9.17, 15) is 9.59 Å². The zero-order valence-electron chi connectivity index (χ0n) is 17.0. The molecule has 2 aromatic carbocycles. The van der Waals surface area contributed by atoms with E-state index in [-0.39, 0.29) is 18.4 Å². The van der Waals surface area contributed by atoms with Gasteiger partial charge < -0.3 is 15.0 Å². The molecule has 0 unspecified atom stereocenters. The number of rotatable bonds is 10. The molecule has 0 fully saturated rings. The van der Waals surface area contributed by atoms with Crippen molar-refractivity contribution >= 4 is 11.8 Å². The number of hydrogen-bond acceptors (Lipinski definition) is 3. The molecule has 150 valence electrons. The van der Waals surface area contributed by atoms with Crippen LogP contribution in [0.2, 0.25) is 0 Å². The first-order valence-corrected chi connectivity index (χ1v) is 9.81. The maximum absolute atomic E-state index is 12.9. The number of hydrogen-bond donors (Lipinski definition) is 1. The molecule has 0 radical (unpaired) electrons. The third-order valence-corrected chi connectivity index (χ3v) is 4.55. The van der Waals surface area contributed by atoms with E-state index in [1.807, 2.05) is 68.4 Å². The molecule has 0 bridgehead atoms. The number of nitrogens with one attached hydrogen (secondary N) is 1. The normalized spacial score (nSPS) is 11.5. The molecule has 2 amide bonds. The monoisotopic (exact) mass is 382 g/mol. The molecule has 0 aliphatic carbocycles. The fraction of sp³-hybridized carbons (Fsp3) is 0.391. The SMILES string of the molecule is CCCNC(=O)[C@@H](C)N(CCc1ccccc1)C(=O)COc1cccc(C)c1. The first kappa shape index (κ1) is 21.5. The minimum atomic E-state index is -0.552. The van der Waals surface area contributed by atoms with Gasteiger partial charge in [0.15, 0.2) is 6.61 Å². The van der Waals surface area contributed by atoms with Crippen molar-refractivity contribution in [2.24, 2.45) is 0 Å². The van der Waals surface area contributed by atoms with Crippen LogP contribution < -0.4 is 10.1 Å². The molecule has 0 heterocycles. The molecule has 0 aliphatic rings. The number of benzene rings is 2. The van der Waals surface area contributed by atoms with Crippen LogP contribution in [0.5, 0.6) is 5.75 Å². The quantitative estimate of drug-likeness (QED) is 0.685. The maximum atomic E-state index is 12.9. The zero-order valence-corrected chi connectivity index (χ0v) is 17.0. The Labute approximate surface area is 167 Å². The van der Waals surface area contributed by atoms with Gasteiger partial charge in [-0.25, -0.2) is 0 Å². The van der Waals surface area contributed by atoms with Gasteiger partial charge in [-0.1, -0.05) is 49.4 Å². The van der Waals surface area contributed by atoms with E-state index in [1.165, 1.54) is 0 Å². The van der Waals surface area contributed by atoms with Crippen LogP contribution in [0.15, 0.2) is 54.6 Å². The van der Waals surface area contributed by atoms with E-state index in [2.05, 4.69) is 5.32 Å². The van der Waals surface area contributed by atoms with Gasteiger partial charge in [0.1, 0.15) is 11.8 Å². The first-order chi connectivity index (χ1) is 13.5. The molecule has 2 aromatic rings. The molecule has 2 rings (SSSR count). The lowest BCUT2D eigenvalue weighted by molar-refractivity contribution is -0.141. The summed E-state index contributed by atoms with van der Waals surface area (Å²) in [6.45, 7) is 6.70.